The first-order valence-corrected chi connectivity index (χ1v) is 9.41. The summed E-state index contributed by atoms with van der Waals surface area (Å²) in [6.45, 7) is -0.180. The number of imide groups is 1. The Bertz CT molecular complexity index is 720. The van der Waals surface area contributed by atoms with Crippen molar-refractivity contribution in [2.24, 2.45) is 0 Å². The minimum atomic E-state index is -0.687. The Morgan fingerprint density at radius 3 is 2.60 bits per heavy atom. The Labute approximate surface area is 157 Å². The van der Waals surface area contributed by atoms with Gasteiger partial charge in [-0.1, -0.05) is 17.7 Å². The standard InChI is InChI=1S/C16H15ClN2O4S2/c17-11-3-5-12(6-4-11)25-10-15(21)23-9-14(20)19-16(22)18-8-13-2-1-7-24-13/h1-7H,8-10H2,(H2,18,19,20,22). The molecule has 9 heteroatoms. The van der Waals surface area contributed by atoms with E-state index in [1.165, 1.54) is 23.1 Å². The van der Waals surface area contributed by atoms with E-state index in [-0.39, 0.29) is 5.75 Å². The van der Waals surface area contributed by atoms with E-state index in [4.69, 9.17) is 16.3 Å². The van der Waals surface area contributed by atoms with Gasteiger partial charge in [-0.25, -0.2) is 4.79 Å². The molecular weight excluding hydrogens is 384 g/mol. The molecule has 1 aromatic heterocycles. The molecule has 2 N–H and O–H groups in total. The summed E-state index contributed by atoms with van der Waals surface area (Å²) >= 11 is 8.54. The van der Waals surface area contributed by atoms with Gasteiger partial charge in [0.05, 0.1) is 12.3 Å². The van der Waals surface area contributed by atoms with Gasteiger partial charge in [-0.3, -0.25) is 14.9 Å². The smallest absolute Gasteiger partial charge is 0.321 e. The average Bonchev–Trinajstić information content (AvgIpc) is 3.11. The van der Waals surface area contributed by atoms with Gasteiger partial charge in [0.1, 0.15) is 0 Å². The van der Waals surface area contributed by atoms with E-state index >= 15 is 0 Å². The zero-order chi connectivity index (χ0) is 18.1. The van der Waals surface area contributed by atoms with Crippen molar-refractivity contribution in [2.45, 2.75) is 11.4 Å². The van der Waals surface area contributed by atoms with Crippen molar-refractivity contribution in [3.63, 3.8) is 0 Å². The fourth-order valence-corrected chi connectivity index (χ4v) is 3.12. The van der Waals surface area contributed by atoms with Gasteiger partial charge < -0.3 is 10.1 Å². The molecule has 0 atom stereocenters. The van der Waals surface area contributed by atoms with Crippen molar-refractivity contribution < 1.29 is 19.1 Å². The van der Waals surface area contributed by atoms with Crippen LogP contribution in [0.25, 0.3) is 0 Å². The molecule has 0 aliphatic rings. The lowest BCUT2D eigenvalue weighted by Crippen LogP contribution is -2.41. The van der Waals surface area contributed by atoms with E-state index < -0.39 is 24.5 Å². The molecule has 3 amide bonds. The molecule has 0 unspecified atom stereocenters. The van der Waals surface area contributed by atoms with E-state index in [2.05, 4.69) is 10.6 Å². The number of nitrogens with one attached hydrogen (secondary N) is 2. The molecule has 0 radical (unpaired) electrons. The number of carbonyl (C=O) groups is 3. The highest BCUT2D eigenvalue weighted by Crippen LogP contribution is 2.20. The van der Waals surface area contributed by atoms with Crippen LogP contribution in [0.15, 0.2) is 46.7 Å². The maximum absolute atomic E-state index is 11.6. The maximum atomic E-state index is 11.6. The zero-order valence-electron chi connectivity index (χ0n) is 13.0. The summed E-state index contributed by atoms with van der Waals surface area (Å²) in [6, 6.07) is 10.1. The summed E-state index contributed by atoms with van der Waals surface area (Å²) < 4.78 is 4.82. The predicted molar refractivity (Wildman–Crippen MR) is 97.8 cm³/mol. The molecule has 2 rings (SSSR count). The van der Waals surface area contributed by atoms with Crippen molar-refractivity contribution in [1.82, 2.24) is 10.6 Å². The van der Waals surface area contributed by atoms with E-state index in [0.29, 0.717) is 11.6 Å². The van der Waals surface area contributed by atoms with Crippen molar-refractivity contribution in [2.75, 3.05) is 12.4 Å². The summed E-state index contributed by atoms with van der Waals surface area (Å²) in [6.07, 6.45) is 0. The number of rotatable bonds is 7. The summed E-state index contributed by atoms with van der Waals surface area (Å²) in [5.41, 5.74) is 0. The second-order valence-corrected chi connectivity index (χ2v) is 7.23. The first-order valence-electron chi connectivity index (χ1n) is 7.17. The van der Waals surface area contributed by atoms with Crippen LogP contribution in [0.3, 0.4) is 0 Å². The highest BCUT2D eigenvalue weighted by atomic mass is 35.5. The summed E-state index contributed by atoms with van der Waals surface area (Å²) in [4.78, 5) is 36.5. The predicted octanol–water partition coefficient (Wildman–Crippen LogP) is 3.06. The molecule has 0 saturated heterocycles. The van der Waals surface area contributed by atoms with E-state index in [0.717, 1.165) is 9.77 Å². The number of ether oxygens (including phenoxy) is 1. The van der Waals surface area contributed by atoms with Crippen LogP contribution in [-0.4, -0.2) is 30.3 Å². The molecule has 0 aliphatic carbocycles. The number of urea groups is 1. The zero-order valence-corrected chi connectivity index (χ0v) is 15.4. The Kier molecular flexibility index (Phi) is 7.77. The van der Waals surface area contributed by atoms with Gasteiger partial charge in [-0.15, -0.1) is 23.1 Å². The second kappa shape index (κ2) is 10.1. The maximum Gasteiger partial charge on any atom is 0.321 e. The molecule has 0 saturated carbocycles. The van der Waals surface area contributed by atoms with Gasteiger partial charge in [0, 0.05) is 14.8 Å². The lowest BCUT2D eigenvalue weighted by atomic mass is 10.4. The molecule has 1 aromatic carbocycles. The fraction of sp³-hybridized carbons (Fsp3) is 0.188. The van der Waals surface area contributed by atoms with Crippen LogP contribution in [-0.2, 0) is 20.9 Å². The third-order valence-electron chi connectivity index (χ3n) is 2.79. The van der Waals surface area contributed by atoms with Gasteiger partial charge >= 0.3 is 12.0 Å². The molecule has 0 aliphatic heterocycles. The number of benzene rings is 1. The molecule has 1 heterocycles. The molecule has 25 heavy (non-hydrogen) atoms. The van der Waals surface area contributed by atoms with Crippen LogP contribution in [0, 0.1) is 0 Å². The Morgan fingerprint density at radius 1 is 1.16 bits per heavy atom. The van der Waals surface area contributed by atoms with Crippen LogP contribution in [0.1, 0.15) is 4.88 Å². The van der Waals surface area contributed by atoms with Gasteiger partial charge in [0.15, 0.2) is 6.61 Å². The van der Waals surface area contributed by atoms with Crippen LogP contribution in [0.4, 0.5) is 4.79 Å². The average molecular weight is 399 g/mol. The van der Waals surface area contributed by atoms with Crippen molar-refractivity contribution in [1.29, 1.82) is 0 Å². The number of halogens is 1. The largest absolute Gasteiger partial charge is 0.455 e. The lowest BCUT2D eigenvalue weighted by molar-refractivity contribution is -0.145. The monoisotopic (exact) mass is 398 g/mol. The number of thioether (sulfide) groups is 1. The summed E-state index contributed by atoms with van der Waals surface area (Å²) in [5, 5.41) is 7.14. The van der Waals surface area contributed by atoms with E-state index in [1.807, 2.05) is 17.5 Å². The van der Waals surface area contributed by atoms with Gasteiger partial charge in [0.2, 0.25) is 0 Å². The Balaban J connectivity index is 1.60. The first-order chi connectivity index (χ1) is 12.0. The van der Waals surface area contributed by atoms with Crippen molar-refractivity contribution in [3.05, 3.63) is 51.7 Å². The quantitative estimate of drug-likeness (QED) is 0.553. The number of carbonyl (C=O) groups excluding carboxylic acids is 3. The van der Waals surface area contributed by atoms with Crippen LogP contribution >= 0.6 is 34.7 Å². The summed E-state index contributed by atoms with van der Waals surface area (Å²) in [5.74, 6) is -1.18. The molecule has 132 valence electrons. The molecule has 0 spiro atoms. The Hall–Kier alpha value is -2.03. The van der Waals surface area contributed by atoms with Crippen LogP contribution < -0.4 is 10.6 Å². The molecule has 0 bridgehead atoms. The van der Waals surface area contributed by atoms with Crippen molar-refractivity contribution >= 4 is 52.6 Å². The Morgan fingerprint density at radius 2 is 1.92 bits per heavy atom. The number of hydrogen-bond acceptors (Lipinski definition) is 6. The molecular formula is C16H15ClN2O4S2. The minimum absolute atomic E-state index is 0.0550. The number of esters is 1. The third-order valence-corrected chi connectivity index (χ3v) is 4.90. The SMILES string of the molecule is O=C(COC(=O)CSc1ccc(Cl)cc1)NC(=O)NCc1cccs1. The van der Waals surface area contributed by atoms with Crippen molar-refractivity contribution in [3.8, 4) is 0 Å². The van der Waals surface area contributed by atoms with E-state index in [9.17, 15) is 14.4 Å². The number of thiophene rings is 1. The molecule has 0 fully saturated rings. The topological polar surface area (TPSA) is 84.5 Å². The van der Waals surface area contributed by atoms with Gasteiger partial charge in [-0.05, 0) is 35.7 Å². The lowest BCUT2D eigenvalue weighted by Gasteiger charge is -2.07. The second-order valence-electron chi connectivity index (χ2n) is 4.71. The number of hydrogen-bond donors (Lipinski definition) is 2. The molecule has 2 aromatic rings. The van der Waals surface area contributed by atoms with Gasteiger partial charge in [-0.2, -0.15) is 0 Å². The normalized spacial score (nSPS) is 10.1. The van der Waals surface area contributed by atoms with Gasteiger partial charge in [0.25, 0.3) is 5.91 Å². The molecule has 6 nitrogen and oxygen atoms in total. The van der Waals surface area contributed by atoms with Crippen LogP contribution in [0.2, 0.25) is 5.02 Å². The third kappa shape index (κ3) is 7.59. The highest BCUT2D eigenvalue weighted by Gasteiger charge is 2.11. The minimum Gasteiger partial charge on any atom is -0.455 e. The van der Waals surface area contributed by atoms with Crippen LogP contribution in [0.5, 0.6) is 0 Å². The number of amides is 3. The highest BCUT2D eigenvalue weighted by molar-refractivity contribution is 8.00. The van der Waals surface area contributed by atoms with E-state index in [1.54, 1.807) is 24.3 Å². The summed E-state index contributed by atoms with van der Waals surface area (Å²) in [7, 11) is 0. The fourth-order valence-electron chi connectivity index (χ4n) is 1.65. The first kappa shape index (κ1) is 19.3.